The van der Waals surface area contributed by atoms with Gasteiger partial charge < -0.3 is 4.74 Å². The SMILES string of the molecule is CCOc1cc(C)c(C)cc1S(=O)(=O)n1ccnc1CC. The molecule has 2 rings (SSSR count). The van der Waals surface area contributed by atoms with E-state index < -0.39 is 10.0 Å². The van der Waals surface area contributed by atoms with Crippen LogP contribution in [0.1, 0.15) is 30.8 Å². The van der Waals surface area contributed by atoms with E-state index in [0.717, 1.165) is 11.1 Å². The van der Waals surface area contributed by atoms with Crippen molar-refractivity contribution < 1.29 is 13.2 Å². The summed E-state index contributed by atoms with van der Waals surface area (Å²) in [7, 11) is -3.70. The van der Waals surface area contributed by atoms with Crippen LogP contribution >= 0.6 is 0 Å². The lowest BCUT2D eigenvalue weighted by Gasteiger charge is -2.15. The summed E-state index contributed by atoms with van der Waals surface area (Å²) < 4.78 is 32.5. The first-order valence-electron chi connectivity index (χ1n) is 6.93. The minimum atomic E-state index is -3.70. The standard InChI is InChI=1S/C15H20N2O3S/c1-5-15-16-7-8-17(15)21(18,19)14-10-12(4)11(3)9-13(14)20-6-2/h7-10H,5-6H2,1-4H3. The highest BCUT2D eigenvalue weighted by molar-refractivity contribution is 7.90. The Kier molecular flexibility index (Phi) is 4.37. The molecular formula is C15H20N2O3S. The van der Waals surface area contributed by atoms with Crippen LogP contribution in [0.5, 0.6) is 5.75 Å². The van der Waals surface area contributed by atoms with E-state index in [-0.39, 0.29) is 4.90 Å². The second-order valence-corrected chi connectivity index (χ2v) is 6.60. The van der Waals surface area contributed by atoms with Crippen LogP contribution in [0.4, 0.5) is 0 Å². The molecule has 0 bridgehead atoms. The maximum atomic E-state index is 12.9. The summed E-state index contributed by atoms with van der Waals surface area (Å²) in [6.45, 7) is 7.94. The zero-order valence-corrected chi connectivity index (χ0v) is 13.6. The molecule has 0 aliphatic heterocycles. The van der Waals surface area contributed by atoms with Gasteiger partial charge >= 0.3 is 0 Å². The monoisotopic (exact) mass is 308 g/mol. The molecule has 0 radical (unpaired) electrons. The highest BCUT2D eigenvalue weighted by Gasteiger charge is 2.24. The fourth-order valence-electron chi connectivity index (χ4n) is 2.13. The number of benzene rings is 1. The van der Waals surface area contributed by atoms with Gasteiger partial charge in [0, 0.05) is 18.8 Å². The lowest BCUT2D eigenvalue weighted by molar-refractivity contribution is 0.330. The van der Waals surface area contributed by atoms with E-state index >= 15 is 0 Å². The third-order valence-corrected chi connectivity index (χ3v) is 5.12. The average Bonchev–Trinajstić information content (AvgIpc) is 2.92. The lowest BCUT2D eigenvalue weighted by atomic mass is 10.1. The van der Waals surface area contributed by atoms with Crippen LogP contribution in [0.25, 0.3) is 0 Å². The molecular weight excluding hydrogens is 288 g/mol. The van der Waals surface area contributed by atoms with Crippen LogP contribution in [-0.2, 0) is 16.4 Å². The second kappa shape index (κ2) is 5.89. The molecule has 0 spiro atoms. The molecule has 21 heavy (non-hydrogen) atoms. The van der Waals surface area contributed by atoms with Crippen molar-refractivity contribution in [2.75, 3.05) is 6.61 Å². The zero-order chi connectivity index (χ0) is 15.6. The summed E-state index contributed by atoms with van der Waals surface area (Å²) in [5, 5.41) is 0. The largest absolute Gasteiger partial charge is 0.492 e. The molecule has 0 fully saturated rings. The first kappa shape index (κ1) is 15.6. The molecule has 0 aliphatic carbocycles. The van der Waals surface area contributed by atoms with Crippen molar-refractivity contribution in [3.8, 4) is 5.75 Å². The van der Waals surface area contributed by atoms with Gasteiger partial charge in [-0.1, -0.05) is 6.92 Å². The van der Waals surface area contributed by atoms with Crippen molar-refractivity contribution in [3.05, 3.63) is 41.5 Å². The van der Waals surface area contributed by atoms with Gasteiger partial charge in [-0.15, -0.1) is 0 Å². The van der Waals surface area contributed by atoms with E-state index in [1.54, 1.807) is 12.1 Å². The molecule has 0 saturated carbocycles. The van der Waals surface area contributed by atoms with Crippen molar-refractivity contribution in [2.45, 2.75) is 39.0 Å². The Bertz CT molecular complexity index is 748. The van der Waals surface area contributed by atoms with Crippen LogP contribution in [0.15, 0.2) is 29.4 Å². The van der Waals surface area contributed by atoms with Gasteiger partial charge in [0.15, 0.2) is 0 Å². The molecule has 0 aliphatic rings. The molecule has 0 N–H and O–H groups in total. The Labute approximate surface area is 125 Å². The Balaban J connectivity index is 2.67. The van der Waals surface area contributed by atoms with Crippen molar-refractivity contribution >= 4 is 10.0 Å². The second-order valence-electron chi connectivity index (χ2n) is 4.81. The fourth-order valence-corrected chi connectivity index (χ4v) is 3.71. The van der Waals surface area contributed by atoms with E-state index in [2.05, 4.69) is 4.98 Å². The smallest absolute Gasteiger partial charge is 0.272 e. The molecule has 5 nitrogen and oxygen atoms in total. The van der Waals surface area contributed by atoms with E-state index in [4.69, 9.17) is 4.74 Å². The molecule has 1 heterocycles. The Morgan fingerprint density at radius 1 is 1.19 bits per heavy atom. The molecule has 0 amide bonds. The van der Waals surface area contributed by atoms with Gasteiger partial charge in [0.05, 0.1) is 6.61 Å². The number of ether oxygens (including phenoxy) is 1. The first-order valence-corrected chi connectivity index (χ1v) is 8.37. The van der Waals surface area contributed by atoms with Gasteiger partial charge in [0.2, 0.25) is 0 Å². The summed E-state index contributed by atoms with van der Waals surface area (Å²) in [5.74, 6) is 0.895. The van der Waals surface area contributed by atoms with Gasteiger partial charge in [-0.2, -0.15) is 0 Å². The van der Waals surface area contributed by atoms with Crippen LogP contribution in [0.3, 0.4) is 0 Å². The molecule has 0 unspecified atom stereocenters. The minimum absolute atomic E-state index is 0.181. The summed E-state index contributed by atoms with van der Waals surface area (Å²) in [6.07, 6.45) is 3.51. The number of aromatic nitrogens is 2. The first-order chi connectivity index (χ1) is 9.91. The number of rotatable bonds is 5. The molecule has 2 aromatic rings. The molecule has 0 atom stereocenters. The molecule has 6 heteroatoms. The van der Waals surface area contributed by atoms with Crippen LogP contribution in [-0.4, -0.2) is 24.0 Å². The Morgan fingerprint density at radius 2 is 1.86 bits per heavy atom. The van der Waals surface area contributed by atoms with Crippen molar-refractivity contribution in [2.24, 2.45) is 0 Å². The summed E-state index contributed by atoms with van der Waals surface area (Å²) in [5.41, 5.74) is 1.91. The number of nitrogens with zero attached hydrogens (tertiary/aromatic N) is 2. The summed E-state index contributed by atoms with van der Waals surface area (Å²) in [6, 6.07) is 3.43. The minimum Gasteiger partial charge on any atom is -0.492 e. The lowest BCUT2D eigenvalue weighted by Crippen LogP contribution is -2.16. The predicted octanol–water partition coefficient (Wildman–Crippen LogP) is 2.70. The van der Waals surface area contributed by atoms with Gasteiger partial charge in [0.1, 0.15) is 16.5 Å². The maximum absolute atomic E-state index is 12.9. The number of hydrogen-bond donors (Lipinski definition) is 0. The highest BCUT2D eigenvalue weighted by atomic mass is 32.2. The average molecular weight is 308 g/mol. The predicted molar refractivity (Wildman–Crippen MR) is 81.3 cm³/mol. The van der Waals surface area contributed by atoms with E-state index in [0.29, 0.717) is 24.6 Å². The quantitative estimate of drug-likeness (QED) is 0.852. The topological polar surface area (TPSA) is 61.2 Å². The van der Waals surface area contributed by atoms with Crippen molar-refractivity contribution in [3.63, 3.8) is 0 Å². The third kappa shape index (κ3) is 2.81. The highest BCUT2D eigenvalue weighted by Crippen LogP contribution is 2.29. The summed E-state index contributed by atoms with van der Waals surface area (Å²) >= 11 is 0. The fraction of sp³-hybridized carbons (Fsp3) is 0.400. The van der Waals surface area contributed by atoms with E-state index in [9.17, 15) is 8.42 Å². The summed E-state index contributed by atoms with van der Waals surface area (Å²) in [4.78, 5) is 4.27. The van der Waals surface area contributed by atoms with Crippen LogP contribution in [0, 0.1) is 13.8 Å². The zero-order valence-electron chi connectivity index (χ0n) is 12.8. The van der Waals surface area contributed by atoms with E-state index in [1.165, 1.54) is 16.4 Å². The van der Waals surface area contributed by atoms with Crippen molar-refractivity contribution in [1.29, 1.82) is 0 Å². The molecule has 1 aromatic heterocycles. The van der Waals surface area contributed by atoms with E-state index in [1.807, 2.05) is 27.7 Å². The molecule has 0 saturated heterocycles. The Hall–Kier alpha value is -1.82. The molecule has 114 valence electrons. The van der Waals surface area contributed by atoms with Gasteiger partial charge in [-0.05, 0) is 44.0 Å². The third-order valence-electron chi connectivity index (χ3n) is 3.39. The number of aryl methyl sites for hydroxylation is 3. The maximum Gasteiger partial charge on any atom is 0.272 e. The van der Waals surface area contributed by atoms with Crippen LogP contribution in [0.2, 0.25) is 0 Å². The van der Waals surface area contributed by atoms with Gasteiger partial charge in [-0.25, -0.2) is 17.4 Å². The van der Waals surface area contributed by atoms with Crippen molar-refractivity contribution in [1.82, 2.24) is 8.96 Å². The van der Waals surface area contributed by atoms with Gasteiger partial charge in [-0.3, -0.25) is 0 Å². The van der Waals surface area contributed by atoms with Crippen LogP contribution < -0.4 is 4.74 Å². The molecule has 1 aromatic carbocycles. The number of hydrogen-bond acceptors (Lipinski definition) is 4. The number of imidazole rings is 1. The Morgan fingerprint density at radius 3 is 2.48 bits per heavy atom. The normalized spacial score (nSPS) is 11.6. The van der Waals surface area contributed by atoms with Gasteiger partial charge in [0.25, 0.3) is 10.0 Å².